The molecule has 0 bridgehead atoms. The molecule has 0 aliphatic heterocycles. The van der Waals surface area contributed by atoms with E-state index in [-0.39, 0.29) is 12.5 Å². The van der Waals surface area contributed by atoms with E-state index in [4.69, 9.17) is 21.1 Å². The number of rotatable bonds is 7. The van der Waals surface area contributed by atoms with Gasteiger partial charge in [0.2, 0.25) is 0 Å². The number of aromatic nitrogens is 1. The van der Waals surface area contributed by atoms with Crippen molar-refractivity contribution in [1.82, 2.24) is 4.98 Å². The van der Waals surface area contributed by atoms with Crippen LogP contribution in [0.3, 0.4) is 0 Å². The molecule has 1 N–H and O–H groups in total. The van der Waals surface area contributed by atoms with Crippen LogP contribution in [0.1, 0.15) is 6.92 Å². The first-order valence-electron chi connectivity index (χ1n) is 7.51. The molecule has 5 nitrogen and oxygen atoms in total. The lowest BCUT2D eigenvalue weighted by Gasteiger charge is -2.10. The molecule has 0 atom stereocenters. The van der Waals surface area contributed by atoms with Gasteiger partial charge in [-0.3, -0.25) is 10.1 Å². The summed E-state index contributed by atoms with van der Waals surface area (Å²) in [6.45, 7) is 2.30. The van der Waals surface area contributed by atoms with Crippen LogP contribution < -0.4 is 14.8 Å². The third kappa shape index (κ3) is 4.72. The van der Waals surface area contributed by atoms with Crippen molar-refractivity contribution in [3.05, 3.63) is 46.1 Å². The summed E-state index contributed by atoms with van der Waals surface area (Å²) in [5.41, 5.74) is 0.791. The van der Waals surface area contributed by atoms with E-state index in [1.54, 1.807) is 12.1 Å². The Labute approximate surface area is 158 Å². The minimum Gasteiger partial charge on any atom is -0.490 e. The highest BCUT2D eigenvalue weighted by Crippen LogP contribution is 2.33. The normalized spacial score (nSPS) is 10.5. The lowest BCUT2D eigenvalue weighted by molar-refractivity contribution is -0.118. The fourth-order valence-electron chi connectivity index (χ4n) is 2.04. The molecular weight excluding hydrogens is 380 g/mol. The van der Waals surface area contributed by atoms with Crippen LogP contribution in [0.15, 0.2) is 41.8 Å². The number of anilines is 1. The molecule has 0 saturated carbocycles. The maximum absolute atomic E-state index is 12.1. The molecule has 3 aromatic rings. The van der Waals surface area contributed by atoms with E-state index < -0.39 is 0 Å². The van der Waals surface area contributed by atoms with E-state index in [2.05, 4.69) is 10.3 Å². The number of hydrogen-bond donors (Lipinski definition) is 1. The molecule has 0 radical (unpaired) electrons. The molecule has 0 unspecified atom stereocenters. The number of hydrogen-bond acceptors (Lipinski definition) is 6. The molecule has 0 fully saturated rings. The molecule has 130 valence electrons. The van der Waals surface area contributed by atoms with Gasteiger partial charge in [0.25, 0.3) is 5.91 Å². The van der Waals surface area contributed by atoms with Gasteiger partial charge in [-0.25, -0.2) is 4.98 Å². The highest BCUT2D eigenvalue weighted by Gasteiger charge is 2.11. The highest BCUT2D eigenvalue weighted by molar-refractivity contribution is 7.20. The summed E-state index contributed by atoms with van der Waals surface area (Å²) in [4.78, 5) is 17.4. The summed E-state index contributed by atoms with van der Waals surface area (Å²) in [7, 11) is 0. The van der Waals surface area contributed by atoms with Gasteiger partial charge in [-0.1, -0.05) is 23.7 Å². The van der Waals surface area contributed by atoms with E-state index in [0.717, 1.165) is 10.6 Å². The number of halogens is 1. The van der Waals surface area contributed by atoms with Gasteiger partial charge in [0.1, 0.15) is 0 Å². The van der Waals surface area contributed by atoms with Crippen molar-refractivity contribution in [3.8, 4) is 22.1 Å². The average molecular weight is 395 g/mol. The fourth-order valence-corrected chi connectivity index (χ4v) is 3.84. The van der Waals surface area contributed by atoms with Crippen LogP contribution in [0.5, 0.6) is 11.5 Å². The third-order valence-corrected chi connectivity index (χ3v) is 5.10. The topological polar surface area (TPSA) is 60.5 Å². The van der Waals surface area contributed by atoms with Gasteiger partial charge in [0.15, 0.2) is 23.2 Å². The molecule has 8 heteroatoms. The van der Waals surface area contributed by atoms with Crippen LogP contribution in [-0.4, -0.2) is 24.1 Å². The quantitative estimate of drug-likeness (QED) is 0.616. The zero-order valence-electron chi connectivity index (χ0n) is 13.3. The summed E-state index contributed by atoms with van der Waals surface area (Å²) >= 11 is 8.73. The van der Waals surface area contributed by atoms with Crippen molar-refractivity contribution in [1.29, 1.82) is 0 Å². The summed E-state index contributed by atoms with van der Waals surface area (Å²) in [5.74, 6) is 0.868. The molecule has 0 aliphatic rings. The zero-order valence-corrected chi connectivity index (χ0v) is 15.7. The largest absolute Gasteiger partial charge is 0.490 e. The average Bonchev–Trinajstić information content (AvgIpc) is 3.23. The first kappa shape index (κ1) is 17.7. The maximum Gasteiger partial charge on any atom is 0.264 e. The second-order valence-electron chi connectivity index (χ2n) is 4.86. The fraction of sp³-hybridized carbons (Fsp3) is 0.176. The van der Waals surface area contributed by atoms with Crippen molar-refractivity contribution in [2.24, 2.45) is 0 Å². The van der Waals surface area contributed by atoms with Crippen molar-refractivity contribution < 1.29 is 14.3 Å². The van der Waals surface area contributed by atoms with Gasteiger partial charge in [0.05, 0.1) is 21.5 Å². The Kier molecular flexibility index (Phi) is 5.91. The van der Waals surface area contributed by atoms with Gasteiger partial charge < -0.3 is 9.47 Å². The summed E-state index contributed by atoms with van der Waals surface area (Å²) < 4.78 is 11.7. The van der Waals surface area contributed by atoms with E-state index in [1.807, 2.05) is 36.6 Å². The molecule has 0 spiro atoms. The number of para-hydroxylation sites is 2. The minimum absolute atomic E-state index is 0.121. The Balaban J connectivity index is 1.57. The Hall–Kier alpha value is -2.09. The summed E-state index contributed by atoms with van der Waals surface area (Å²) in [6, 6.07) is 11.0. The lowest BCUT2D eigenvalue weighted by Crippen LogP contribution is -2.20. The highest BCUT2D eigenvalue weighted by atomic mass is 35.5. The van der Waals surface area contributed by atoms with Gasteiger partial charge >= 0.3 is 0 Å². The number of benzene rings is 1. The standard InChI is InChI=1S/C17H15ClN2O3S2/c1-2-22-12-5-3-4-6-13(12)23-9-16(21)20-17-19-11(10-24-17)14-7-8-15(18)25-14/h3-8,10H,2,9H2,1H3,(H,19,20,21). The SMILES string of the molecule is CCOc1ccccc1OCC(=O)Nc1nc(-c2ccc(Cl)s2)cs1. The second-order valence-corrected chi connectivity index (χ2v) is 7.43. The van der Waals surface area contributed by atoms with Gasteiger partial charge in [0, 0.05) is 5.38 Å². The number of carbonyl (C=O) groups is 1. The van der Waals surface area contributed by atoms with Crippen molar-refractivity contribution in [2.75, 3.05) is 18.5 Å². The van der Waals surface area contributed by atoms with Crippen molar-refractivity contribution in [3.63, 3.8) is 0 Å². The molecule has 3 rings (SSSR count). The maximum atomic E-state index is 12.1. The van der Waals surface area contributed by atoms with Crippen molar-refractivity contribution >= 4 is 45.3 Å². The van der Waals surface area contributed by atoms with Crippen LogP contribution >= 0.6 is 34.3 Å². The van der Waals surface area contributed by atoms with Crippen LogP contribution in [-0.2, 0) is 4.79 Å². The van der Waals surface area contributed by atoms with Gasteiger partial charge in [-0.05, 0) is 31.2 Å². The molecule has 25 heavy (non-hydrogen) atoms. The summed E-state index contributed by atoms with van der Waals surface area (Å²) in [5, 5.41) is 5.13. The van der Waals surface area contributed by atoms with E-state index in [1.165, 1.54) is 22.7 Å². The molecule has 0 aliphatic carbocycles. The zero-order chi connectivity index (χ0) is 17.6. The molecule has 1 amide bonds. The number of amides is 1. The van der Waals surface area contributed by atoms with Crippen molar-refractivity contribution in [2.45, 2.75) is 6.92 Å². The van der Waals surface area contributed by atoms with Gasteiger partial charge in [-0.2, -0.15) is 0 Å². The monoisotopic (exact) mass is 394 g/mol. The van der Waals surface area contributed by atoms with Crippen LogP contribution in [0.2, 0.25) is 4.34 Å². The number of nitrogens with zero attached hydrogens (tertiary/aromatic N) is 1. The summed E-state index contributed by atoms with van der Waals surface area (Å²) in [6.07, 6.45) is 0. The third-order valence-electron chi connectivity index (χ3n) is 3.08. The van der Waals surface area contributed by atoms with Crippen LogP contribution in [0, 0.1) is 0 Å². The Bertz CT molecular complexity index is 863. The first-order valence-corrected chi connectivity index (χ1v) is 9.59. The molecule has 1 aromatic carbocycles. The van der Waals surface area contributed by atoms with Gasteiger partial charge in [-0.15, -0.1) is 22.7 Å². The number of thiophene rings is 1. The predicted molar refractivity (Wildman–Crippen MR) is 102 cm³/mol. The van der Waals surface area contributed by atoms with Crippen LogP contribution in [0.4, 0.5) is 5.13 Å². The predicted octanol–water partition coefficient (Wildman–Crippen LogP) is 4.94. The molecule has 2 aromatic heterocycles. The number of nitrogens with one attached hydrogen (secondary N) is 1. The Morgan fingerprint density at radius 1 is 1.20 bits per heavy atom. The molecule has 0 saturated heterocycles. The molecular formula is C17H15ClN2O3S2. The van der Waals surface area contributed by atoms with E-state index in [0.29, 0.717) is 27.6 Å². The lowest BCUT2D eigenvalue weighted by atomic mass is 10.3. The number of ether oxygens (including phenoxy) is 2. The Morgan fingerprint density at radius 3 is 2.64 bits per heavy atom. The van der Waals surface area contributed by atoms with E-state index in [9.17, 15) is 4.79 Å². The smallest absolute Gasteiger partial charge is 0.264 e. The minimum atomic E-state index is -0.281. The first-order chi connectivity index (χ1) is 12.2. The second kappa shape index (κ2) is 8.33. The molecule has 2 heterocycles. The van der Waals surface area contributed by atoms with E-state index >= 15 is 0 Å². The number of carbonyl (C=O) groups excluding carboxylic acids is 1. The Morgan fingerprint density at radius 2 is 1.96 bits per heavy atom. The van der Waals surface area contributed by atoms with Crippen LogP contribution in [0.25, 0.3) is 10.6 Å². The number of thiazole rings is 1.